The largest absolute Gasteiger partial charge is 0.352 e. The maximum Gasteiger partial charge on any atom is 0.257 e. The molecule has 1 unspecified atom stereocenters. The molecule has 1 aliphatic carbocycles. The molecule has 1 saturated carbocycles. The standard InChI is InChI=1S/C19H22N4O2S2/c1-22(11-18(24)20-13-6-7-13)12-19(25)23-15(17-5-3-9-27-17)10-14(21-23)16-4-2-8-26-16/h2-5,8-9,13,15H,6-7,10-12H2,1H3,(H,20,24). The number of nitrogens with one attached hydrogen (secondary N) is 1. The van der Waals surface area contributed by atoms with Crippen molar-refractivity contribution in [1.29, 1.82) is 0 Å². The molecule has 4 rings (SSSR count). The molecular formula is C19H22N4O2S2. The lowest BCUT2D eigenvalue weighted by molar-refractivity contribution is -0.134. The normalized spacial score (nSPS) is 19.4. The Hall–Kier alpha value is -2.03. The molecule has 0 radical (unpaired) electrons. The first-order chi connectivity index (χ1) is 13.1. The first-order valence-electron chi connectivity index (χ1n) is 9.05. The number of carbonyl (C=O) groups is 2. The van der Waals surface area contributed by atoms with Crippen LogP contribution in [0.2, 0.25) is 0 Å². The highest BCUT2D eigenvalue weighted by Gasteiger charge is 2.34. The molecule has 142 valence electrons. The first-order valence-corrected chi connectivity index (χ1v) is 10.8. The second-order valence-corrected chi connectivity index (χ2v) is 8.94. The van der Waals surface area contributed by atoms with Crippen molar-refractivity contribution in [3.8, 4) is 0 Å². The molecule has 1 fully saturated rings. The van der Waals surface area contributed by atoms with Crippen molar-refractivity contribution in [3.63, 3.8) is 0 Å². The number of rotatable bonds is 7. The van der Waals surface area contributed by atoms with Crippen molar-refractivity contribution in [2.45, 2.75) is 31.3 Å². The van der Waals surface area contributed by atoms with E-state index in [4.69, 9.17) is 0 Å². The van der Waals surface area contributed by atoms with Crippen LogP contribution in [0.25, 0.3) is 0 Å². The Kier molecular flexibility index (Phi) is 5.38. The quantitative estimate of drug-likeness (QED) is 0.774. The fourth-order valence-corrected chi connectivity index (χ4v) is 4.67. The summed E-state index contributed by atoms with van der Waals surface area (Å²) in [6.45, 7) is 0.391. The van der Waals surface area contributed by atoms with Gasteiger partial charge in [-0.1, -0.05) is 12.1 Å². The van der Waals surface area contributed by atoms with E-state index in [1.54, 1.807) is 39.6 Å². The van der Waals surface area contributed by atoms with Crippen LogP contribution in [-0.2, 0) is 9.59 Å². The van der Waals surface area contributed by atoms with Gasteiger partial charge in [0.2, 0.25) is 5.91 Å². The number of likely N-dealkylation sites (N-methyl/N-ethyl adjacent to an activating group) is 1. The maximum absolute atomic E-state index is 12.9. The van der Waals surface area contributed by atoms with Crippen LogP contribution in [-0.4, -0.2) is 53.6 Å². The van der Waals surface area contributed by atoms with Gasteiger partial charge in [0.1, 0.15) is 0 Å². The van der Waals surface area contributed by atoms with E-state index in [1.165, 1.54) is 0 Å². The zero-order valence-corrected chi connectivity index (χ0v) is 16.8. The van der Waals surface area contributed by atoms with Crippen LogP contribution in [0.5, 0.6) is 0 Å². The van der Waals surface area contributed by atoms with Crippen LogP contribution in [0.15, 0.2) is 40.1 Å². The first kappa shape index (κ1) is 18.3. The molecule has 1 N–H and O–H groups in total. The molecule has 27 heavy (non-hydrogen) atoms. The summed E-state index contributed by atoms with van der Waals surface area (Å²) >= 11 is 3.28. The predicted molar refractivity (Wildman–Crippen MR) is 108 cm³/mol. The van der Waals surface area contributed by atoms with Gasteiger partial charge < -0.3 is 5.32 Å². The second kappa shape index (κ2) is 7.92. The van der Waals surface area contributed by atoms with Gasteiger partial charge in [0.15, 0.2) is 0 Å². The van der Waals surface area contributed by atoms with Crippen molar-refractivity contribution < 1.29 is 9.59 Å². The molecular weight excluding hydrogens is 380 g/mol. The van der Waals surface area contributed by atoms with Crippen molar-refractivity contribution >= 4 is 40.2 Å². The Morgan fingerprint density at radius 1 is 1.22 bits per heavy atom. The average molecular weight is 403 g/mol. The number of carbonyl (C=O) groups excluding carboxylic acids is 2. The van der Waals surface area contributed by atoms with Crippen LogP contribution in [0.4, 0.5) is 0 Å². The molecule has 6 nitrogen and oxygen atoms in total. The van der Waals surface area contributed by atoms with Gasteiger partial charge in [0.25, 0.3) is 5.91 Å². The fourth-order valence-electron chi connectivity index (χ4n) is 3.14. The zero-order valence-electron chi connectivity index (χ0n) is 15.1. The van der Waals surface area contributed by atoms with Gasteiger partial charge in [-0.3, -0.25) is 14.5 Å². The van der Waals surface area contributed by atoms with Crippen molar-refractivity contribution in [1.82, 2.24) is 15.2 Å². The molecule has 1 atom stereocenters. The Labute approximate surface area is 166 Å². The Morgan fingerprint density at radius 2 is 2.00 bits per heavy atom. The van der Waals surface area contributed by atoms with E-state index in [-0.39, 0.29) is 30.9 Å². The Balaban J connectivity index is 1.44. The molecule has 0 spiro atoms. The number of amides is 2. The van der Waals surface area contributed by atoms with E-state index in [1.807, 2.05) is 29.0 Å². The van der Waals surface area contributed by atoms with E-state index in [9.17, 15) is 9.59 Å². The lowest BCUT2D eigenvalue weighted by Gasteiger charge is -2.23. The minimum absolute atomic E-state index is 0.0215. The highest BCUT2D eigenvalue weighted by Crippen LogP contribution is 2.35. The maximum atomic E-state index is 12.9. The molecule has 2 aliphatic rings. The molecule has 0 aromatic carbocycles. The topological polar surface area (TPSA) is 65.0 Å². The van der Waals surface area contributed by atoms with Crippen LogP contribution in [0, 0.1) is 0 Å². The number of hydrogen-bond acceptors (Lipinski definition) is 6. The third kappa shape index (κ3) is 4.45. The fraction of sp³-hybridized carbons (Fsp3) is 0.421. The van der Waals surface area contributed by atoms with E-state index < -0.39 is 0 Å². The summed E-state index contributed by atoms with van der Waals surface area (Å²) in [4.78, 5) is 28.9. The minimum Gasteiger partial charge on any atom is -0.352 e. The average Bonchev–Trinajstić information content (AvgIpc) is 3.11. The molecule has 2 amide bonds. The number of hydrazone groups is 1. The third-order valence-electron chi connectivity index (χ3n) is 4.60. The summed E-state index contributed by atoms with van der Waals surface area (Å²) in [6.07, 6.45) is 2.84. The van der Waals surface area contributed by atoms with E-state index in [2.05, 4.69) is 16.5 Å². The SMILES string of the molecule is CN(CC(=O)NC1CC1)CC(=O)N1N=C(c2cccs2)CC1c1cccs1. The summed E-state index contributed by atoms with van der Waals surface area (Å²) in [7, 11) is 1.80. The summed E-state index contributed by atoms with van der Waals surface area (Å²) in [6, 6.07) is 8.36. The van der Waals surface area contributed by atoms with E-state index >= 15 is 0 Å². The highest BCUT2D eigenvalue weighted by molar-refractivity contribution is 7.12. The number of hydrogen-bond donors (Lipinski definition) is 1. The van der Waals surface area contributed by atoms with Gasteiger partial charge >= 0.3 is 0 Å². The summed E-state index contributed by atoms with van der Waals surface area (Å²) < 4.78 is 0. The van der Waals surface area contributed by atoms with Crippen molar-refractivity contribution in [3.05, 3.63) is 44.8 Å². The second-order valence-electron chi connectivity index (χ2n) is 7.01. The van der Waals surface area contributed by atoms with Crippen LogP contribution < -0.4 is 5.32 Å². The molecule has 1 aliphatic heterocycles. The molecule has 3 heterocycles. The Bertz CT molecular complexity index is 828. The van der Waals surface area contributed by atoms with E-state index in [0.717, 1.165) is 34.7 Å². The molecule has 8 heteroatoms. The third-order valence-corrected chi connectivity index (χ3v) is 6.50. The van der Waals surface area contributed by atoms with Gasteiger partial charge in [-0.15, -0.1) is 22.7 Å². The summed E-state index contributed by atoms with van der Waals surface area (Å²) in [5, 5.41) is 13.3. The monoisotopic (exact) mass is 402 g/mol. The molecule has 0 saturated heterocycles. The highest BCUT2D eigenvalue weighted by atomic mass is 32.1. The van der Waals surface area contributed by atoms with Crippen molar-refractivity contribution in [2.75, 3.05) is 20.1 Å². The minimum atomic E-state index is -0.0818. The number of nitrogens with zero attached hydrogens (tertiary/aromatic N) is 3. The smallest absolute Gasteiger partial charge is 0.257 e. The molecule has 2 aromatic rings. The molecule has 2 aromatic heterocycles. The summed E-state index contributed by atoms with van der Waals surface area (Å²) in [5.74, 6) is -0.103. The van der Waals surface area contributed by atoms with Gasteiger partial charge in [-0.05, 0) is 42.8 Å². The van der Waals surface area contributed by atoms with Gasteiger partial charge in [-0.2, -0.15) is 5.10 Å². The Morgan fingerprint density at radius 3 is 2.67 bits per heavy atom. The van der Waals surface area contributed by atoms with Crippen LogP contribution in [0.1, 0.15) is 35.1 Å². The predicted octanol–water partition coefficient (Wildman–Crippen LogP) is 2.70. The lowest BCUT2D eigenvalue weighted by Crippen LogP contribution is -2.41. The summed E-state index contributed by atoms with van der Waals surface area (Å²) in [5.41, 5.74) is 0.950. The van der Waals surface area contributed by atoms with E-state index in [0.29, 0.717) is 6.04 Å². The van der Waals surface area contributed by atoms with Gasteiger partial charge in [0, 0.05) is 17.3 Å². The number of thiophene rings is 2. The van der Waals surface area contributed by atoms with Crippen LogP contribution in [0.3, 0.4) is 0 Å². The van der Waals surface area contributed by atoms with Crippen LogP contribution >= 0.6 is 22.7 Å². The van der Waals surface area contributed by atoms with Gasteiger partial charge in [0.05, 0.1) is 29.7 Å². The zero-order chi connectivity index (χ0) is 18.8. The van der Waals surface area contributed by atoms with Gasteiger partial charge in [-0.25, -0.2) is 5.01 Å². The molecule has 0 bridgehead atoms. The van der Waals surface area contributed by atoms with Crippen molar-refractivity contribution in [2.24, 2.45) is 5.10 Å². The lowest BCUT2D eigenvalue weighted by atomic mass is 10.1.